The van der Waals surface area contributed by atoms with Gasteiger partial charge in [0, 0.05) is 48.6 Å². The minimum absolute atomic E-state index is 0.0372. The van der Waals surface area contributed by atoms with Gasteiger partial charge in [-0.15, -0.1) is 10.2 Å². The Labute approximate surface area is 144 Å². The van der Waals surface area contributed by atoms with Crippen molar-refractivity contribution >= 4 is 16.8 Å². The molecule has 0 spiro atoms. The van der Waals surface area contributed by atoms with Gasteiger partial charge in [-0.1, -0.05) is 6.07 Å². The van der Waals surface area contributed by atoms with Gasteiger partial charge in [0.15, 0.2) is 0 Å². The van der Waals surface area contributed by atoms with E-state index in [4.69, 9.17) is 9.15 Å². The number of hydrogen-bond donors (Lipinski definition) is 1. The van der Waals surface area contributed by atoms with E-state index in [0.717, 1.165) is 16.5 Å². The predicted octanol–water partition coefficient (Wildman–Crippen LogP) is 1.90. The maximum absolute atomic E-state index is 13.2. The molecule has 25 heavy (non-hydrogen) atoms. The monoisotopic (exact) mass is 338 g/mol. The van der Waals surface area contributed by atoms with Gasteiger partial charge in [0.2, 0.25) is 11.8 Å². The highest BCUT2D eigenvalue weighted by molar-refractivity contribution is 6.06. The molecule has 2 fully saturated rings. The van der Waals surface area contributed by atoms with E-state index in [9.17, 15) is 4.79 Å². The van der Waals surface area contributed by atoms with Crippen LogP contribution in [0.1, 0.15) is 22.1 Å². The third kappa shape index (κ3) is 2.05. The lowest BCUT2D eigenvalue weighted by molar-refractivity contribution is 0.0740. The van der Waals surface area contributed by atoms with Gasteiger partial charge in [-0.05, 0) is 18.2 Å². The van der Waals surface area contributed by atoms with Crippen molar-refractivity contribution in [1.82, 2.24) is 20.1 Å². The van der Waals surface area contributed by atoms with Crippen LogP contribution in [0.3, 0.4) is 0 Å². The smallest absolute Gasteiger partial charge is 0.254 e. The Morgan fingerprint density at radius 2 is 2.28 bits per heavy atom. The summed E-state index contributed by atoms with van der Waals surface area (Å²) in [6.45, 7) is 4.08. The summed E-state index contributed by atoms with van der Waals surface area (Å²) < 4.78 is 11.4. The lowest BCUT2D eigenvalue weighted by Crippen LogP contribution is -2.37. The minimum atomic E-state index is -0.386. The Bertz CT molecular complexity index is 962. The molecule has 2 saturated heterocycles. The van der Waals surface area contributed by atoms with E-state index in [2.05, 4.69) is 15.2 Å². The van der Waals surface area contributed by atoms with Gasteiger partial charge in [0.25, 0.3) is 5.91 Å². The molecule has 7 heteroatoms. The summed E-state index contributed by atoms with van der Waals surface area (Å²) in [6, 6.07) is 7.71. The Kier molecular flexibility index (Phi) is 3.03. The highest BCUT2D eigenvalue weighted by Gasteiger charge is 2.56. The average Bonchev–Trinajstić information content (AvgIpc) is 3.35. The van der Waals surface area contributed by atoms with Crippen LogP contribution >= 0.6 is 0 Å². The molecule has 2 atom stereocenters. The molecular weight excluding hydrogens is 320 g/mol. The molecule has 5 rings (SSSR count). The number of carbonyl (C=O) groups excluding carboxylic acids is 1. The fraction of sp³-hybridized carbons (Fsp3) is 0.389. The van der Waals surface area contributed by atoms with E-state index in [1.54, 1.807) is 6.92 Å². The maximum atomic E-state index is 13.2. The van der Waals surface area contributed by atoms with Crippen molar-refractivity contribution < 1.29 is 13.9 Å². The van der Waals surface area contributed by atoms with Crippen LogP contribution in [0.15, 0.2) is 34.9 Å². The van der Waals surface area contributed by atoms with Crippen LogP contribution in [-0.2, 0) is 10.2 Å². The molecule has 0 saturated carbocycles. The lowest BCUT2D eigenvalue weighted by Gasteiger charge is -2.23. The summed E-state index contributed by atoms with van der Waals surface area (Å²) in [5, 5.41) is 9.15. The Balaban J connectivity index is 1.50. The summed E-state index contributed by atoms with van der Waals surface area (Å²) in [5.74, 6) is 1.34. The second-order valence-corrected chi connectivity index (χ2v) is 6.92. The van der Waals surface area contributed by atoms with Crippen LogP contribution in [0.4, 0.5) is 0 Å². The maximum Gasteiger partial charge on any atom is 0.254 e. The third-order valence-electron chi connectivity index (χ3n) is 5.44. The van der Waals surface area contributed by atoms with Crippen molar-refractivity contribution in [2.24, 2.45) is 5.92 Å². The van der Waals surface area contributed by atoms with Gasteiger partial charge >= 0.3 is 0 Å². The molecule has 0 aliphatic carbocycles. The summed E-state index contributed by atoms with van der Waals surface area (Å²) >= 11 is 0. The van der Waals surface area contributed by atoms with Crippen LogP contribution in [0.2, 0.25) is 0 Å². The van der Waals surface area contributed by atoms with Crippen molar-refractivity contribution in [2.75, 3.05) is 26.3 Å². The first-order valence-electron chi connectivity index (χ1n) is 8.41. The van der Waals surface area contributed by atoms with Crippen LogP contribution in [0, 0.1) is 12.8 Å². The first-order chi connectivity index (χ1) is 12.2. The number of hydrogen-bond acceptors (Lipinski definition) is 5. The molecule has 0 bridgehead atoms. The highest BCUT2D eigenvalue weighted by atomic mass is 16.5. The molecule has 2 aliphatic heterocycles. The number of aromatic nitrogens is 3. The molecule has 1 N–H and O–H groups in total. The number of ether oxygens (including phenoxy) is 1. The number of nitrogens with one attached hydrogen (secondary N) is 1. The molecule has 0 radical (unpaired) electrons. The number of amides is 1. The second-order valence-electron chi connectivity index (χ2n) is 6.92. The van der Waals surface area contributed by atoms with E-state index in [1.807, 2.05) is 35.4 Å². The van der Waals surface area contributed by atoms with E-state index in [-0.39, 0.29) is 17.2 Å². The van der Waals surface area contributed by atoms with Gasteiger partial charge < -0.3 is 19.0 Å². The number of H-pyrrole nitrogens is 1. The molecule has 2 aliphatic rings. The summed E-state index contributed by atoms with van der Waals surface area (Å²) in [5.41, 5.74) is 1.30. The summed E-state index contributed by atoms with van der Waals surface area (Å²) in [4.78, 5) is 18.2. The van der Waals surface area contributed by atoms with E-state index in [1.165, 1.54) is 0 Å². The molecule has 128 valence electrons. The zero-order chi connectivity index (χ0) is 17.0. The zero-order valence-electron chi connectivity index (χ0n) is 13.9. The number of aromatic amines is 1. The number of likely N-dealkylation sites (tertiary alicyclic amines) is 1. The fourth-order valence-corrected chi connectivity index (χ4v) is 4.13. The normalized spacial score (nSPS) is 25.6. The SMILES string of the molecule is Cc1nnc([C@]23COC[C@H]2CN(C(=O)c2cccc4[nH]ccc24)C3)o1. The first kappa shape index (κ1) is 14.7. The largest absolute Gasteiger partial charge is 0.425 e. The van der Waals surface area contributed by atoms with Crippen molar-refractivity contribution in [1.29, 1.82) is 0 Å². The molecule has 0 unspecified atom stereocenters. The Morgan fingerprint density at radius 3 is 3.12 bits per heavy atom. The number of aryl methyl sites for hydroxylation is 1. The van der Waals surface area contributed by atoms with E-state index in [0.29, 0.717) is 38.1 Å². The van der Waals surface area contributed by atoms with Gasteiger partial charge in [-0.25, -0.2) is 0 Å². The minimum Gasteiger partial charge on any atom is -0.425 e. The fourth-order valence-electron chi connectivity index (χ4n) is 4.13. The number of fused-ring (bicyclic) bond motifs is 2. The van der Waals surface area contributed by atoms with Gasteiger partial charge in [-0.2, -0.15) is 0 Å². The van der Waals surface area contributed by atoms with Crippen LogP contribution in [0.5, 0.6) is 0 Å². The molecular formula is C18H18N4O3. The topological polar surface area (TPSA) is 84.3 Å². The van der Waals surface area contributed by atoms with Gasteiger partial charge in [-0.3, -0.25) is 4.79 Å². The molecule has 1 aromatic carbocycles. The van der Waals surface area contributed by atoms with Gasteiger partial charge in [0.05, 0.1) is 18.6 Å². The van der Waals surface area contributed by atoms with Crippen molar-refractivity contribution in [3.05, 3.63) is 47.8 Å². The van der Waals surface area contributed by atoms with Crippen molar-refractivity contribution in [2.45, 2.75) is 12.3 Å². The predicted molar refractivity (Wildman–Crippen MR) is 89.2 cm³/mol. The van der Waals surface area contributed by atoms with E-state index < -0.39 is 0 Å². The quantitative estimate of drug-likeness (QED) is 0.771. The number of nitrogens with zero attached hydrogens (tertiary/aromatic N) is 3. The highest BCUT2D eigenvalue weighted by Crippen LogP contribution is 2.43. The van der Waals surface area contributed by atoms with Gasteiger partial charge in [0.1, 0.15) is 0 Å². The Hall–Kier alpha value is -2.67. The lowest BCUT2D eigenvalue weighted by atomic mass is 9.81. The average molecular weight is 338 g/mol. The van der Waals surface area contributed by atoms with Crippen molar-refractivity contribution in [3.8, 4) is 0 Å². The summed E-state index contributed by atoms with van der Waals surface area (Å²) in [7, 11) is 0. The third-order valence-corrected chi connectivity index (χ3v) is 5.44. The van der Waals surface area contributed by atoms with Crippen molar-refractivity contribution in [3.63, 3.8) is 0 Å². The first-order valence-corrected chi connectivity index (χ1v) is 8.41. The van der Waals surface area contributed by atoms with Crippen LogP contribution in [-0.4, -0.2) is 52.3 Å². The Morgan fingerprint density at radius 1 is 1.36 bits per heavy atom. The molecule has 4 heterocycles. The molecule has 7 nitrogen and oxygen atoms in total. The summed E-state index contributed by atoms with van der Waals surface area (Å²) in [6.07, 6.45) is 1.86. The molecule has 1 amide bonds. The molecule has 3 aromatic rings. The standard InChI is InChI=1S/C18H18N4O3/c1-11-20-21-17(25-11)18-9-22(7-12(18)8-24-10-18)16(23)14-3-2-4-15-13(14)5-6-19-15/h2-6,12,19H,7-10H2,1H3/t12-,18-/m1/s1. The second kappa shape index (κ2) is 5.16. The van der Waals surface area contributed by atoms with Crippen LogP contribution in [0.25, 0.3) is 10.9 Å². The number of carbonyl (C=O) groups is 1. The molecule has 2 aromatic heterocycles. The van der Waals surface area contributed by atoms with E-state index >= 15 is 0 Å². The zero-order valence-corrected chi connectivity index (χ0v) is 13.9. The number of rotatable bonds is 2. The van der Waals surface area contributed by atoms with Crippen LogP contribution < -0.4 is 0 Å². The number of benzene rings is 1.